The van der Waals surface area contributed by atoms with Gasteiger partial charge in [-0.1, -0.05) is 11.6 Å². The number of anilines is 1. The second-order valence-electron chi connectivity index (χ2n) is 3.58. The zero-order valence-electron chi connectivity index (χ0n) is 9.71. The number of amides is 1. The Morgan fingerprint density at radius 2 is 2.15 bits per heavy atom. The first-order chi connectivity index (χ1) is 9.47. The maximum atomic E-state index is 13.4. The number of carbonyl (C=O) groups is 1. The van der Waals surface area contributed by atoms with Crippen molar-refractivity contribution in [3.8, 4) is 0 Å². The van der Waals surface area contributed by atoms with Crippen molar-refractivity contribution in [3.63, 3.8) is 0 Å². The van der Waals surface area contributed by atoms with Gasteiger partial charge in [0.2, 0.25) is 11.8 Å². The molecule has 9 heteroatoms. The first-order valence-electron chi connectivity index (χ1n) is 5.21. The predicted molar refractivity (Wildman–Crippen MR) is 68.0 cm³/mol. The van der Waals surface area contributed by atoms with E-state index in [2.05, 4.69) is 15.3 Å². The van der Waals surface area contributed by atoms with Gasteiger partial charge in [-0.2, -0.15) is 4.39 Å². The molecule has 0 aliphatic carbocycles. The molecule has 1 N–H and O–H groups in total. The third-order valence-electron chi connectivity index (χ3n) is 2.25. The lowest BCUT2D eigenvalue weighted by atomic mass is 10.2. The van der Waals surface area contributed by atoms with Crippen molar-refractivity contribution in [1.82, 2.24) is 9.97 Å². The first kappa shape index (κ1) is 13.8. The fraction of sp³-hybridized carbons (Fsp3) is 0. The standard InChI is InChI=1S/C11H6ClFN4O3/c12-9-3-4-14-11(15-9)16-10(18)6-1-2-8(17(19)20)7(13)5-6/h1-5H,(H,14,15,16,18). The topological polar surface area (TPSA) is 98.0 Å². The number of nitrogens with one attached hydrogen (secondary N) is 1. The van der Waals surface area contributed by atoms with E-state index in [1.165, 1.54) is 12.3 Å². The van der Waals surface area contributed by atoms with Crippen LogP contribution < -0.4 is 5.32 Å². The van der Waals surface area contributed by atoms with Crippen LogP contribution in [0.5, 0.6) is 0 Å². The zero-order valence-corrected chi connectivity index (χ0v) is 10.5. The Morgan fingerprint density at radius 3 is 2.75 bits per heavy atom. The Morgan fingerprint density at radius 1 is 1.40 bits per heavy atom. The van der Waals surface area contributed by atoms with Crippen molar-refractivity contribution in [1.29, 1.82) is 0 Å². The Kier molecular flexibility index (Phi) is 3.85. The number of aromatic nitrogens is 2. The van der Waals surface area contributed by atoms with E-state index in [4.69, 9.17) is 11.6 Å². The van der Waals surface area contributed by atoms with Crippen LogP contribution in [0.15, 0.2) is 30.5 Å². The van der Waals surface area contributed by atoms with Crippen molar-refractivity contribution in [3.05, 3.63) is 57.1 Å². The van der Waals surface area contributed by atoms with E-state index in [9.17, 15) is 19.3 Å². The van der Waals surface area contributed by atoms with Gasteiger partial charge >= 0.3 is 5.69 Å². The van der Waals surface area contributed by atoms with Crippen molar-refractivity contribution in [2.24, 2.45) is 0 Å². The van der Waals surface area contributed by atoms with Crippen molar-refractivity contribution < 1.29 is 14.1 Å². The number of carbonyl (C=O) groups excluding carboxylic acids is 1. The number of rotatable bonds is 3. The SMILES string of the molecule is O=C(Nc1nccc(Cl)n1)c1ccc([N+](=O)[O-])c(F)c1. The summed E-state index contributed by atoms with van der Waals surface area (Å²) >= 11 is 5.62. The second-order valence-corrected chi connectivity index (χ2v) is 3.97. The van der Waals surface area contributed by atoms with Crippen LogP contribution in [0.4, 0.5) is 16.0 Å². The Balaban J connectivity index is 2.22. The summed E-state index contributed by atoms with van der Waals surface area (Å²) in [6.07, 6.45) is 1.33. The summed E-state index contributed by atoms with van der Waals surface area (Å²) in [6, 6.07) is 4.21. The summed E-state index contributed by atoms with van der Waals surface area (Å²) in [4.78, 5) is 28.8. The second kappa shape index (κ2) is 5.57. The van der Waals surface area contributed by atoms with Crippen LogP contribution in [-0.2, 0) is 0 Å². The lowest BCUT2D eigenvalue weighted by Gasteiger charge is -2.03. The molecule has 1 aromatic heterocycles. The molecule has 1 amide bonds. The molecule has 1 heterocycles. The van der Waals surface area contributed by atoms with Gasteiger partial charge in [-0.15, -0.1) is 0 Å². The quantitative estimate of drug-likeness (QED) is 0.533. The molecule has 7 nitrogen and oxygen atoms in total. The third-order valence-corrected chi connectivity index (χ3v) is 2.46. The molecule has 2 aromatic rings. The normalized spacial score (nSPS) is 10.1. The first-order valence-corrected chi connectivity index (χ1v) is 5.59. The molecular weight excluding hydrogens is 291 g/mol. The molecule has 1 aromatic carbocycles. The molecule has 0 aliphatic heterocycles. The van der Waals surface area contributed by atoms with Crippen molar-refractivity contribution in [2.75, 3.05) is 5.32 Å². The number of nitrogens with zero attached hydrogens (tertiary/aromatic N) is 3. The minimum Gasteiger partial charge on any atom is -0.290 e. The van der Waals surface area contributed by atoms with Crippen LogP contribution in [0, 0.1) is 15.9 Å². The summed E-state index contributed by atoms with van der Waals surface area (Å²) in [5.41, 5.74) is -0.808. The van der Waals surface area contributed by atoms with E-state index in [1.54, 1.807) is 0 Å². The molecule has 0 fully saturated rings. The van der Waals surface area contributed by atoms with Crippen molar-refractivity contribution >= 4 is 29.1 Å². The molecule has 20 heavy (non-hydrogen) atoms. The van der Waals surface area contributed by atoms with Gasteiger partial charge < -0.3 is 0 Å². The highest BCUT2D eigenvalue weighted by Crippen LogP contribution is 2.18. The average molecular weight is 297 g/mol. The van der Waals surface area contributed by atoms with E-state index in [0.717, 1.165) is 18.2 Å². The van der Waals surface area contributed by atoms with Crippen LogP contribution >= 0.6 is 11.6 Å². The van der Waals surface area contributed by atoms with Gasteiger partial charge in [-0.3, -0.25) is 20.2 Å². The van der Waals surface area contributed by atoms with E-state index in [-0.39, 0.29) is 16.7 Å². The lowest BCUT2D eigenvalue weighted by molar-refractivity contribution is -0.387. The highest BCUT2D eigenvalue weighted by molar-refractivity contribution is 6.29. The van der Waals surface area contributed by atoms with Gasteiger partial charge in [-0.25, -0.2) is 9.97 Å². The minimum absolute atomic E-state index is 0.0544. The maximum Gasteiger partial charge on any atom is 0.304 e. The zero-order chi connectivity index (χ0) is 14.7. The number of nitro groups is 1. The molecule has 0 aliphatic rings. The van der Waals surface area contributed by atoms with Gasteiger partial charge in [-0.05, 0) is 18.2 Å². The molecule has 0 radical (unpaired) electrons. The predicted octanol–water partition coefficient (Wildman–Crippen LogP) is 2.43. The number of halogens is 2. The van der Waals surface area contributed by atoms with E-state index in [1.807, 2.05) is 0 Å². The van der Waals surface area contributed by atoms with Crippen LogP contribution in [0.3, 0.4) is 0 Å². The Bertz CT molecular complexity index is 695. The van der Waals surface area contributed by atoms with Gasteiger partial charge in [0.05, 0.1) is 4.92 Å². The van der Waals surface area contributed by atoms with Crippen LogP contribution in [0.2, 0.25) is 5.15 Å². The summed E-state index contributed by atoms with van der Waals surface area (Å²) in [7, 11) is 0. The molecule has 0 saturated carbocycles. The van der Waals surface area contributed by atoms with Crippen LogP contribution in [0.25, 0.3) is 0 Å². The Labute approximate surface area is 116 Å². The average Bonchev–Trinajstić information content (AvgIpc) is 2.38. The molecule has 2 rings (SSSR count). The molecular formula is C11H6ClFN4O3. The summed E-state index contributed by atoms with van der Waals surface area (Å²) in [6.45, 7) is 0. The maximum absolute atomic E-state index is 13.4. The van der Waals surface area contributed by atoms with E-state index >= 15 is 0 Å². The minimum atomic E-state index is -1.10. The van der Waals surface area contributed by atoms with Gasteiger partial charge in [0, 0.05) is 17.8 Å². The fourth-order valence-corrected chi connectivity index (χ4v) is 1.50. The lowest BCUT2D eigenvalue weighted by Crippen LogP contribution is -2.14. The molecule has 0 unspecified atom stereocenters. The molecule has 0 saturated heterocycles. The fourth-order valence-electron chi connectivity index (χ4n) is 1.37. The largest absolute Gasteiger partial charge is 0.304 e. The van der Waals surface area contributed by atoms with Crippen LogP contribution in [-0.4, -0.2) is 20.8 Å². The molecule has 0 bridgehead atoms. The summed E-state index contributed by atoms with van der Waals surface area (Å²) < 4.78 is 13.4. The molecule has 0 atom stereocenters. The monoisotopic (exact) mass is 296 g/mol. The number of benzene rings is 1. The Hall–Kier alpha value is -2.61. The highest BCUT2D eigenvalue weighted by Gasteiger charge is 2.17. The summed E-state index contributed by atoms with van der Waals surface area (Å²) in [5.74, 6) is -1.86. The van der Waals surface area contributed by atoms with E-state index < -0.39 is 22.3 Å². The van der Waals surface area contributed by atoms with Gasteiger partial charge in [0.25, 0.3) is 5.91 Å². The van der Waals surface area contributed by atoms with Crippen molar-refractivity contribution in [2.45, 2.75) is 0 Å². The summed E-state index contributed by atoms with van der Waals surface area (Å²) in [5, 5.41) is 12.9. The number of hydrogen-bond acceptors (Lipinski definition) is 5. The number of hydrogen-bond donors (Lipinski definition) is 1. The van der Waals surface area contributed by atoms with Gasteiger partial charge in [0.15, 0.2) is 0 Å². The van der Waals surface area contributed by atoms with E-state index in [0.29, 0.717) is 0 Å². The highest BCUT2D eigenvalue weighted by atomic mass is 35.5. The molecule has 102 valence electrons. The third kappa shape index (κ3) is 3.04. The molecule has 0 spiro atoms. The smallest absolute Gasteiger partial charge is 0.290 e. The van der Waals surface area contributed by atoms with Gasteiger partial charge in [0.1, 0.15) is 5.15 Å². The van der Waals surface area contributed by atoms with Crippen LogP contribution in [0.1, 0.15) is 10.4 Å². The number of nitro benzene ring substituents is 1.